The van der Waals surface area contributed by atoms with Crippen LogP contribution in [0.3, 0.4) is 0 Å². The molecular formula is C20H22N6OS. The van der Waals surface area contributed by atoms with Gasteiger partial charge < -0.3 is 5.32 Å². The van der Waals surface area contributed by atoms with E-state index in [4.69, 9.17) is 5.26 Å². The predicted molar refractivity (Wildman–Crippen MR) is 109 cm³/mol. The zero-order valence-corrected chi connectivity index (χ0v) is 17.0. The lowest BCUT2D eigenvalue weighted by Crippen LogP contribution is -2.14. The van der Waals surface area contributed by atoms with Gasteiger partial charge in [-0.3, -0.25) is 4.79 Å². The van der Waals surface area contributed by atoms with Crippen LogP contribution in [0.4, 0.5) is 5.69 Å². The van der Waals surface area contributed by atoms with Crippen LogP contribution in [0.2, 0.25) is 0 Å². The number of aromatic nitrogens is 4. The number of benzene rings is 1. The third kappa shape index (κ3) is 4.49. The van der Waals surface area contributed by atoms with Crippen LogP contribution in [0.1, 0.15) is 42.3 Å². The number of carbonyl (C=O) groups is 1. The Bertz CT molecular complexity index is 1040. The normalized spacial score (nSPS) is 10.8. The van der Waals surface area contributed by atoms with Gasteiger partial charge in [-0.05, 0) is 56.5 Å². The van der Waals surface area contributed by atoms with Crippen molar-refractivity contribution in [2.24, 2.45) is 0 Å². The van der Waals surface area contributed by atoms with Crippen molar-refractivity contribution in [2.75, 3.05) is 11.1 Å². The number of carbonyl (C=O) groups excluding carboxylic acids is 1. The molecule has 0 spiro atoms. The van der Waals surface area contributed by atoms with Gasteiger partial charge in [-0.15, -0.1) is 5.10 Å². The lowest BCUT2D eigenvalue weighted by Gasteiger charge is -2.09. The van der Waals surface area contributed by atoms with E-state index in [-0.39, 0.29) is 11.7 Å². The second-order valence-electron chi connectivity index (χ2n) is 6.50. The quantitative estimate of drug-likeness (QED) is 0.614. The highest BCUT2D eigenvalue weighted by atomic mass is 32.2. The van der Waals surface area contributed by atoms with Gasteiger partial charge in [0.2, 0.25) is 11.1 Å². The number of nitrogens with zero attached hydrogens (tertiary/aromatic N) is 5. The molecule has 28 heavy (non-hydrogen) atoms. The van der Waals surface area contributed by atoms with Gasteiger partial charge in [0.1, 0.15) is 0 Å². The van der Waals surface area contributed by atoms with Crippen molar-refractivity contribution < 1.29 is 4.79 Å². The van der Waals surface area contributed by atoms with Gasteiger partial charge in [0.05, 0.1) is 17.4 Å². The summed E-state index contributed by atoms with van der Waals surface area (Å²) < 4.78 is 1.76. The van der Waals surface area contributed by atoms with Crippen LogP contribution in [0.15, 0.2) is 29.4 Å². The van der Waals surface area contributed by atoms with Crippen molar-refractivity contribution in [1.29, 1.82) is 5.26 Å². The smallest absolute Gasteiger partial charge is 0.253 e. The molecule has 0 atom stereocenters. The van der Waals surface area contributed by atoms with E-state index in [0.717, 1.165) is 30.7 Å². The standard InChI is InChI=1S/C20H22N6OS/c1-4-5-6-17-13(2)22-19-24-20(25-26(19)14(17)3)28-12-18(27)23-16-9-7-15(11-21)8-10-16/h7-10H,4-6,12H2,1-3H3,(H,23,27). The fraction of sp³-hybridized carbons (Fsp3) is 0.350. The number of nitriles is 1. The van der Waals surface area contributed by atoms with Crippen molar-refractivity contribution in [3.05, 3.63) is 46.8 Å². The largest absolute Gasteiger partial charge is 0.325 e. The minimum absolute atomic E-state index is 0.155. The molecule has 3 rings (SSSR count). The summed E-state index contributed by atoms with van der Waals surface area (Å²) >= 11 is 1.27. The number of thioether (sulfide) groups is 1. The predicted octanol–water partition coefficient (Wildman–Crippen LogP) is 3.69. The van der Waals surface area contributed by atoms with Crippen molar-refractivity contribution in [3.63, 3.8) is 0 Å². The molecule has 1 aromatic carbocycles. The minimum Gasteiger partial charge on any atom is -0.325 e. The summed E-state index contributed by atoms with van der Waals surface area (Å²) in [6, 6.07) is 8.79. The number of aryl methyl sites for hydroxylation is 2. The number of rotatable bonds is 7. The first-order valence-corrected chi connectivity index (χ1v) is 10.2. The molecule has 8 heteroatoms. The summed E-state index contributed by atoms with van der Waals surface area (Å²) in [6.45, 7) is 6.21. The Balaban J connectivity index is 1.67. The monoisotopic (exact) mass is 394 g/mol. The number of hydrogen-bond donors (Lipinski definition) is 1. The van der Waals surface area contributed by atoms with Crippen LogP contribution < -0.4 is 5.32 Å². The average molecular weight is 395 g/mol. The Labute approximate surface area is 168 Å². The number of unbranched alkanes of at least 4 members (excludes halogenated alkanes) is 1. The van der Waals surface area contributed by atoms with Crippen LogP contribution in [0, 0.1) is 25.2 Å². The summed E-state index contributed by atoms with van der Waals surface area (Å²) in [5.74, 6) is 0.598. The molecule has 0 aliphatic carbocycles. The molecular weight excluding hydrogens is 372 g/mol. The molecule has 1 N–H and O–H groups in total. The highest BCUT2D eigenvalue weighted by Gasteiger charge is 2.14. The molecule has 7 nitrogen and oxygen atoms in total. The Morgan fingerprint density at radius 1 is 1.25 bits per heavy atom. The van der Waals surface area contributed by atoms with E-state index < -0.39 is 0 Å². The van der Waals surface area contributed by atoms with E-state index in [9.17, 15) is 4.79 Å². The van der Waals surface area contributed by atoms with Crippen molar-refractivity contribution >= 4 is 29.1 Å². The highest BCUT2D eigenvalue weighted by molar-refractivity contribution is 7.99. The number of anilines is 1. The molecule has 0 aliphatic heterocycles. The first-order valence-electron chi connectivity index (χ1n) is 9.17. The Kier molecular flexibility index (Phi) is 6.26. The molecule has 3 aromatic rings. The number of amides is 1. The van der Waals surface area contributed by atoms with E-state index >= 15 is 0 Å². The van der Waals surface area contributed by atoms with Crippen molar-refractivity contribution in [1.82, 2.24) is 19.6 Å². The maximum Gasteiger partial charge on any atom is 0.253 e. The van der Waals surface area contributed by atoms with Crippen LogP contribution >= 0.6 is 11.8 Å². The van der Waals surface area contributed by atoms with Gasteiger partial charge in [-0.2, -0.15) is 10.2 Å². The fourth-order valence-electron chi connectivity index (χ4n) is 2.92. The van der Waals surface area contributed by atoms with Crippen LogP contribution in [0.25, 0.3) is 5.78 Å². The topological polar surface area (TPSA) is 96.0 Å². The maximum atomic E-state index is 12.2. The molecule has 0 saturated carbocycles. The van der Waals surface area contributed by atoms with Gasteiger partial charge in [0, 0.05) is 17.1 Å². The molecule has 1 amide bonds. The van der Waals surface area contributed by atoms with Crippen LogP contribution in [-0.4, -0.2) is 31.2 Å². The zero-order chi connectivity index (χ0) is 20.1. The molecule has 0 bridgehead atoms. The first kappa shape index (κ1) is 19.8. The second-order valence-corrected chi connectivity index (χ2v) is 7.44. The van der Waals surface area contributed by atoms with Crippen molar-refractivity contribution in [3.8, 4) is 6.07 Å². The molecule has 2 heterocycles. The summed E-state index contributed by atoms with van der Waals surface area (Å²) in [7, 11) is 0. The van der Waals surface area contributed by atoms with Gasteiger partial charge in [-0.25, -0.2) is 9.50 Å². The zero-order valence-electron chi connectivity index (χ0n) is 16.2. The number of nitrogens with one attached hydrogen (secondary N) is 1. The lowest BCUT2D eigenvalue weighted by molar-refractivity contribution is -0.113. The third-order valence-corrected chi connectivity index (χ3v) is 5.28. The summed E-state index contributed by atoms with van der Waals surface area (Å²) in [4.78, 5) is 21.2. The number of fused-ring (bicyclic) bond motifs is 1. The summed E-state index contributed by atoms with van der Waals surface area (Å²) in [6.07, 6.45) is 3.22. The van der Waals surface area contributed by atoms with Crippen molar-refractivity contribution in [2.45, 2.75) is 45.2 Å². The Hall–Kier alpha value is -2.92. The van der Waals surface area contributed by atoms with Gasteiger partial charge in [0.15, 0.2) is 0 Å². The number of hydrogen-bond acceptors (Lipinski definition) is 6. The first-order chi connectivity index (χ1) is 13.5. The molecule has 0 radical (unpaired) electrons. The van der Waals surface area contributed by atoms with Crippen LogP contribution in [-0.2, 0) is 11.2 Å². The fourth-order valence-corrected chi connectivity index (χ4v) is 3.54. The summed E-state index contributed by atoms with van der Waals surface area (Å²) in [5.41, 5.74) is 4.46. The molecule has 0 fully saturated rings. The molecule has 0 aliphatic rings. The molecule has 144 valence electrons. The van der Waals surface area contributed by atoms with Gasteiger partial charge in [0.25, 0.3) is 5.78 Å². The SMILES string of the molecule is CCCCc1c(C)nc2nc(SCC(=O)Nc3ccc(C#N)cc3)nn2c1C. The average Bonchev–Trinajstić information content (AvgIpc) is 3.10. The van der Waals surface area contributed by atoms with E-state index in [1.54, 1.807) is 28.8 Å². The third-order valence-electron chi connectivity index (χ3n) is 4.44. The van der Waals surface area contributed by atoms with E-state index in [1.807, 2.05) is 19.9 Å². The minimum atomic E-state index is -0.155. The highest BCUT2D eigenvalue weighted by Crippen LogP contribution is 2.20. The Morgan fingerprint density at radius 2 is 2.00 bits per heavy atom. The van der Waals surface area contributed by atoms with Gasteiger partial charge in [-0.1, -0.05) is 25.1 Å². The maximum absolute atomic E-state index is 12.2. The lowest BCUT2D eigenvalue weighted by atomic mass is 10.1. The molecule has 0 unspecified atom stereocenters. The molecule has 2 aromatic heterocycles. The van der Waals surface area contributed by atoms with E-state index in [0.29, 0.717) is 22.2 Å². The van der Waals surface area contributed by atoms with Crippen LogP contribution in [0.5, 0.6) is 0 Å². The van der Waals surface area contributed by atoms with Gasteiger partial charge >= 0.3 is 0 Å². The van der Waals surface area contributed by atoms with E-state index in [1.165, 1.54) is 17.3 Å². The Morgan fingerprint density at radius 3 is 2.68 bits per heavy atom. The second kappa shape index (κ2) is 8.85. The summed E-state index contributed by atoms with van der Waals surface area (Å²) in [5, 5.41) is 16.7. The molecule has 0 saturated heterocycles. The van der Waals surface area contributed by atoms with E-state index in [2.05, 4.69) is 27.3 Å².